The minimum Gasteiger partial charge on any atom is -0.258 e. The summed E-state index contributed by atoms with van der Waals surface area (Å²) >= 11 is 3.55. The number of halogens is 1. The van der Waals surface area contributed by atoms with Gasteiger partial charge in [-0.1, -0.05) is 47.8 Å². The van der Waals surface area contributed by atoms with Crippen LogP contribution in [0, 0.1) is 10.1 Å². The first-order chi connectivity index (χ1) is 7.15. The number of alkyl halides is 1. The molecule has 0 saturated carbocycles. The van der Waals surface area contributed by atoms with Crippen molar-refractivity contribution in [3.63, 3.8) is 0 Å². The summed E-state index contributed by atoms with van der Waals surface area (Å²) in [6.07, 6.45) is 3.27. The SMILES string of the molecule is CCCCC(Br)c1cccc([N+](=O)[O-])c1. The molecule has 4 heteroatoms. The van der Waals surface area contributed by atoms with Crippen molar-refractivity contribution >= 4 is 21.6 Å². The van der Waals surface area contributed by atoms with Gasteiger partial charge in [-0.3, -0.25) is 10.1 Å². The molecule has 0 aliphatic carbocycles. The monoisotopic (exact) mass is 271 g/mol. The predicted octanol–water partition coefficient (Wildman–Crippen LogP) is 4.22. The Morgan fingerprint density at radius 3 is 2.87 bits per heavy atom. The third-order valence-electron chi connectivity index (χ3n) is 2.25. The van der Waals surface area contributed by atoms with Gasteiger partial charge in [-0.05, 0) is 12.0 Å². The second kappa shape index (κ2) is 5.85. The lowest BCUT2D eigenvalue weighted by atomic mass is 10.1. The van der Waals surface area contributed by atoms with Gasteiger partial charge in [0.1, 0.15) is 0 Å². The molecule has 3 nitrogen and oxygen atoms in total. The zero-order chi connectivity index (χ0) is 11.3. The second-order valence-electron chi connectivity index (χ2n) is 3.46. The molecule has 0 amide bonds. The Labute approximate surface area is 97.8 Å². The van der Waals surface area contributed by atoms with Gasteiger partial charge in [-0.15, -0.1) is 0 Å². The van der Waals surface area contributed by atoms with Crippen molar-refractivity contribution in [2.75, 3.05) is 0 Å². The van der Waals surface area contributed by atoms with Crippen LogP contribution in [0.4, 0.5) is 5.69 Å². The smallest absolute Gasteiger partial charge is 0.258 e. The zero-order valence-electron chi connectivity index (χ0n) is 8.65. The number of hydrogen-bond donors (Lipinski definition) is 0. The lowest BCUT2D eigenvalue weighted by molar-refractivity contribution is -0.384. The average Bonchev–Trinajstić information content (AvgIpc) is 2.26. The fourth-order valence-electron chi connectivity index (χ4n) is 1.38. The first kappa shape index (κ1) is 12.2. The quantitative estimate of drug-likeness (QED) is 0.457. The van der Waals surface area contributed by atoms with Crippen LogP contribution in [0.15, 0.2) is 24.3 Å². The Morgan fingerprint density at radius 2 is 2.27 bits per heavy atom. The van der Waals surface area contributed by atoms with Crippen molar-refractivity contribution in [3.8, 4) is 0 Å². The van der Waals surface area contributed by atoms with Crippen LogP contribution < -0.4 is 0 Å². The van der Waals surface area contributed by atoms with Gasteiger partial charge in [0, 0.05) is 17.0 Å². The Hall–Kier alpha value is -0.900. The number of nitro groups is 1. The first-order valence-electron chi connectivity index (χ1n) is 5.03. The molecule has 0 radical (unpaired) electrons. The maximum atomic E-state index is 10.6. The maximum Gasteiger partial charge on any atom is 0.269 e. The van der Waals surface area contributed by atoms with Crippen molar-refractivity contribution < 1.29 is 4.92 Å². The minimum absolute atomic E-state index is 0.161. The van der Waals surface area contributed by atoms with E-state index >= 15 is 0 Å². The van der Waals surface area contributed by atoms with Crippen molar-refractivity contribution in [1.82, 2.24) is 0 Å². The van der Waals surface area contributed by atoms with E-state index in [2.05, 4.69) is 22.9 Å². The number of unbranched alkanes of at least 4 members (excludes halogenated alkanes) is 1. The molecule has 0 fully saturated rings. The number of nitrogens with zero attached hydrogens (tertiary/aromatic N) is 1. The van der Waals surface area contributed by atoms with E-state index in [1.54, 1.807) is 12.1 Å². The maximum absolute atomic E-state index is 10.6. The summed E-state index contributed by atoms with van der Waals surface area (Å²) < 4.78 is 0. The van der Waals surface area contributed by atoms with Crippen LogP contribution in [0.25, 0.3) is 0 Å². The Balaban J connectivity index is 2.76. The van der Waals surface area contributed by atoms with Gasteiger partial charge >= 0.3 is 0 Å². The van der Waals surface area contributed by atoms with Gasteiger partial charge in [0.05, 0.1) is 4.92 Å². The number of benzene rings is 1. The standard InChI is InChI=1S/C11H14BrNO2/c1-2-3-7-11(12)9-5-4-6-10(8-9)13(14)15/h4-6,8,11H,2-3,7H2,1H3. The van der Waals surface area contributed by atoms with E-state index in [9.17, 15) is 10.1 Å². The van der Waals surface area contributed by atoms with Crippen LogP contribution in [0.3, 0.4) is 0 Å². The first-order valence-corrected chi connectivity index (χ1v) is 5.95. The highest BCUT2D eigenvalue weighted by Crippen LogP contribution is 2.30. The molecule has 0 aromatic heterocycles. The molecule has 1 unspecified atom stereocenters. The second-order valence-corrected chi connectivity index (χ2v) is 4.57. The van der Waals surface area contributed by atoms with Crippen LogP contribution in [-0.2, 0) is 0 Å². The fourth-order valence-corrected chi connectivity index (χ4v) is 1.99. The van der Waals surface area contributed by atoms with Gasteiger partial charge in [0.15, 0.2) is 0 Å². The minimum atomic E-state index is -0.358. The Kier molecular flexibility index (Phi) is 4.75. The van der Waals surface area contributed by atoms with Gasteiger partial charge in [0.2, 0.25) is 0 Å². The van der Waals surface area contributed by atoms with Crippen LogP contribution in [0.5, 0.6) is 0 Å². The van der Waals surface area contributed by atoms with Gasteiger partial charge in [-0.2, -0.15) is 0 Å². The lowest BCUT2D eigenvalue weighted by Crippen LogP contribution is -1.93. The van der Waals surface area contributed by atoms with Crippen molar-refractivity contribution in [2.45, 2.75) is 31.0 Å². The van der Waals surface area contributed by atoms with Gasteiger partial charge in [-0.25, -0.2) is 0 Å². The summed E-state index contributed by atoms with van der Waals surface area (Å²) in [5.41, 5.74) is 1.14. The van der Waals surface area contributed by atoms with E-state index < -0.39 is 0 Å². The van der Waals surface area contributed by atoms with Crippen LogP contribution in [0.2, 0.25) is 0 Å². The molecule has 1 aromatic carbocycles. The molecule has 0 saturated heterocycles. The summed E-state index contributed by atoms with van der Waals surface area (Å²) in [5.74, 6) is 0. The molecule has 1 atom stereocenters. The number of non-ortho nitro benzene ring substituents is 1. The number of hydrogen-bond acceptors (Lipinski definition) is 2. The molecular weight excluding hydrogens is 258 g/mol. The van der Waals surface area contributed by atoms with E-state index in [1.807, 2.05) is 6.07 Å². The highest BCUT2D eigenvalue weighted by molar-refractivity contribution is 9.09. The molecule has 0 heterocycles. The molecule has 0 aliphatic rings. The molecule has 15 heavy (non-hydrogen) atoms. The zero-order valence-corrected chi connectivity index (χ0v) is 10.2. The molecule has 82 valence electrons. The summed E-state index contributed by atoms with van der Waals surface area (Å²) in [5, 5.41) is 10.6. The predicted molar refractivity (Wildman–Crippen MR) is 64.3 cm³/mol. The molecule has 0 N–H and O–H groups in total. The highest BCUT2D eigenvalue weighted by atomic mass is 79.9. The molecule has 0 aliphatic heterocycles. The van der Waals surface area contributed by atoms with Crippen molar-refractivity contribution in [1.29, 1.82) is 0 Å². The largest absolute Gasteiger partial charge is 0.269 e. The molecule has 0 spiro atoms. The van der Waals surface area contributed by atoms with Crippen molar-refractivity contribution in [2.24, 2.45) is 0 Å². The summed E-state index contributed by atoms with van der Waals surface area (Å²) in [4.78, 5) is 10.4. The summed E-state index contributed by atoms with van der Waals surface area (Å²) in [6, 6.07) is 6.80. The van der Waals surface area contributed by atoms with Crippen LogP contribution in [0.1, 0.15) is 36.6 Å². The molecule has 1 rings (SSSR count). The van der Waals surface area contributed by atoms with E-state index in [4.69, 9.17) is 0 Å². The Bertz CT molecular complexity index is 341. The highest BCUT2D eigenvalue weighted by Gasteiger charge is 2.11. The normalized spacial score (nSPS) is 12.4. The molecular formula is C11H14BrNO2. The molecule has 1 aromatic rings. The van der Waals surface area contributed by atoms with Crippen molar-refractivity contribution in [3.05, 3.63) is 39.9 Å². The van der Waals surface area contributed by atoms with E-state index in [-0.39, 0.29) is 15.4 Å². The third-order valence-corrected chi connectivity index (χ3v) is 3.24. The van der Waals surface area contributed by atoms with E-state index in [0.29, 0.717) is 0 Å². The average molecular weight is 272 g/mol. The summed E-state index contributed by atoms with van der Waals surface area (Å²) in [7, 11) is 0. The fraction of sp³-hybridized carbons (Fsp3) is 0.455. The topological polar surface area (TPSA) is 43.1 Å². The Morgan fingerprint density at radius 1 is 1.53 bits per heavy atom. The van der Waals surface area contributed by atoms with Gasteiger partial charge < -0.3 is 0 Å². The molecule has 0 bridgehead atoms. The lowest BCUT2D eigenvalue weighted by Gasteiger charge is -2.08. The van der Waals surface area contributed by atoms with Crippen LogP contribution >= 0.6 is 15.9 Å². The van der Waals surface area contributed by atoms with E-state index in [0.717, 1.165) is 24.8 Å². The van der Waals surface area contributed by atoms with Gasteiger partial charge in [0.25, 0.3) is 5.69 Å². The number of nitro benzene ring substituents is 1. The third kappa shape index (κ3) is 3.63. The van der Waals surface area contributed by atoms with Crippen LogP contribution in [-0.4, -0.2) is 4.92 Å². The van der Waals surface area contributed by atoms with E-state index in [1.165, 1.54) is 6.07 Å². The summed E-state index contributed by atoms with van der Waals surface area (Å²) in [6.45, 7) is 2.13. The number of rotatable bonds is 5.